The van der Waals surface area contributed by atoms with Crippen LogP contribution in [0.3, 0.4) is 0 Å². The summed E-state index contributed by atoms with van der Waals surface area (Å²) in [6.07, 6.45) is 1.91. The smallest absolute Gasteiger partial charge is 0.246 e. The summed E-state index contributed by atoms with van der Waals surface area (Å²) in [6, 6.07) is 10.7. The molecule has 0 bridgehead atoms. The number of nitrogens with one attached hydrogen (secondary N) is 1. The van der Waals surface area contributed by atoms with Gasteiger partial charge in [0.1, 0.15) is 6.04 Å². The third-order valence-corrected chi connectivity index (χ3v) is 5.20. The monoisotopic (exact) mass is 363 g/mol. The highest BCUT2D eigenvalue weighted by Crippen LogP contribution is 2.33. The summed E-state index contributed by atoms with van der Waals surface area (Å²) in [5.74, 6) is -0.130. The van der Waals surface area contributed by atoms with E-state index in [1.165, 1.54) is 0 Å². The van der Waals surface area contributed by atoms with Gasteiger partial charge in [0.15, 0.2) is 0 Å². The summed E-state index contributed by atoms with van der Waals surface area (Å²) in [4.78, 5) is 14.8. The number of hydrogen-bond acceptors (Lipinski definition) is 3. The van der Waals surface area contributed by atoms with Crippen LogP contribution in [0.5, 0.6) is 0 Å². The maximum absolute atomic E-state index is 12.7. The van der Waals surface area contributed by atoms with Gasteiger partial charge in [0, 0.05) is 17.9 Å². The van der Waals surface area contributed by atoms with Gasteiger partial charge in [0.25, 0.3) is 0 Å². The quantitative estimate of drug-likeness (QED) is 0.796. The lowest BCUT2D eigenvalue weighted by molar-refractivity contribution is -0.117. The maximum Gasteiger partial charge on any atom is 0.246 e. The van der Waals surface area contributed by atoms with E-state index < -0.39 is 0 Å². The molecule has 0 radical (unpaired) electrons. The first-order chi connectivity index (χ1) is 11.5. The Kier molecular flexibility index (Phi) is 4.88. The normalized spacial score (nSPS) is 14.9. The molecular weight excluding hydrogens is 345 g/mol. The zero-order valence-electron chi connectivity index (χ0n) is 13.4. The first-order valence-electron chi connectivity index (χ1n) is 7.88. The number of carbonyl (C=O) groups excluding carboxylic acids is 1. The average molecular weight is 364 g/mol. The van der Waals surface area contributed by atoms with Crippen LogP contribution in [0.2, 0.25) is 10.0 Å². The summed E-state index contributed by atoms with van der Waals surface area (Å²) in [6.45, 7) is 2.69. The predicted molar refractivity (Wildman–Crippen MR) is 101 cm³/mol. The minimum absolute atomic E-state index is 0.130. The maximum atomic E-state index is 12.7. The van der Waals surface area contributed by atoms with Crippen LogP contribution in [0, 0.1) is 0 Å². The first kappa shape index (κ1) is 16.9. The second-order valence-electron chi connectivity index (χ2n) is 5.91. The minimum atomic E-state index is -0.346. The Labute approximate surface area is 151 Å². The number of rotatable bonds is 3. The molecule has 1 aliphatic heterocycles. The zero-order valence-corrected chi connectivity index (χ0v) is 14.9. The Morgan fingerprint density at radius 1 is 1.25 bits per heavy atom. The molecule has 2 aromatic rings. The first-order valence-corrected chi connectivity index (χ1v) is 8.63. The van der Waals surface area contributed by atoms with Crippen LogP contribution < -0.4 is 16.0 Å². The van der Waals surface area contributed by atoms with E-state index in [9.17, 15) is 4.79 Å². The van der Waals surface area contributed by atoms with Crippen molar-refractivity contribution in [2.24, 2.45) is 0 Å². The van der Waals surface area contributed by atoms with Crippen LogP contribution in [0.4, 0.5) is 17.1 Å². The van der Waals surface area contributed by atoms with Crippen molar-refractivity contribution in [2.75, 3.05) is 22.5 Å². The van der Waals surface area contributed by atoms with Gasteiger partial charge in [-0.3, -0.25) is 4.79 Å². The molecule has 0 saturated carbocycles. The summed E-state index contributed by atoms with van der Waals surface area (Å²) >= 11 is 12.2. The van der Waals surface area contributed by atoms with Gasteiger partial charge >= 0.3 is 0 Å². The van der Waals surface area contributed by atoms with E-state index in [2.05, 4.69) is 10.2 Å². The van der Waals surface area contributed by atoms with E-state index in [0.29, 0.717) is 15.7 Å². The van der Waals surface area contributed by atoms with E-state index in [-0.39, 0.29) is 11.9 Å². The number of amides is 1. The number of halogens is 2. The van der Waals surface area contributed by atoms with Crippen molar-refractivity contribution in [1.29, 1.82) is 0 Å². The molecule has 3 N–H and O–H groups in total. The standard InChI is InChI=1S/C18H19Cl2N3O/c1-11(18(24)22-15-8-2-6-13(19)17(15)20)23-10-4-5-12-14(21)7-3-9-16(12)23/h2-3,6-9,11H,4-5,10,21H2,1H3,(H,22,24). The number of benzene rings is 2. The van der Waals surface area contributed by atoms with Crippen LogP contribution >= 0.6 is 23.2 Å². The molecule has 126 valence electrons. The van der Waals surface area contributed by atoms with E-state index in [0.717, 1.165) is 36.3 Å². The van der Waals surface area contributed by atoms with Crippen molar-refractivity contribution in [1.82, 2.24) is 0 Å². The van der Waals surface area contributed by atoms with Crippen LogP contribution in [-0.2, 0) is 11.2 Å². The molecule has 1 unspecified atom stereocenters. The highest BCUT2D eigenvalue weighted by atomic mass is 35.5. The lowest BCUT2D eigenvalue weighted by Crippen LogP contribution is -2.44. The van der Waals surface area contributed by atoms with Crippen LogP contribution in [0.25, 0.3) is 0 Å². The topological polar surface area (TPSA) is 58.4 Å². The van der Waals surface area contributed by atoms with Crippen molar-refractivity contribution < 1.29 is 4.79 Å². The third-order valence-electron chi connectivity index (χ3n) is 4.38. The Morgan fingerprint density at radius 3 is 2.79 bits per heavy atom. The highest BCUT2D eigenvalue weighted by molar-refractivity contribution is 6.44. The molecule has 3 rings (SSSR count). The van der Waals surface area contributed by atoms with E-state index in [1.807, 2.05) is 25.1 Å². The lowest BCUT2D eigenvalue weighted by Gasteiger charge is -2.36. The van der Waals surface area contributed by atoms with Crippen LogP contribution in [-0.4, -0.2) is 18.5 Å². The van der Waals surface area contributed by atoms with Gasteiger partial charge in [-0.2, -0.15) is 0 Å². The second kappa shape index (κ2) is 6.91. The van der Waals surface area contributed by atoms with Crippen LogP contribution in [0.1, 0.15) is 18.9 Å². The zero-order chi connectivity index (χ0) is 17.3. The molecule has 0 saturated heterocycles. The fourth-order valence-electron chi connectivity index (χ4n) is 3.06. The summed E-state index contributed by atoms with van der Waals surface area (Å²) in [5.41, 5.74) is 9.52. The lowest BCUT2D eigenvalue weighted by atomic mass is 9.98. The van der Waals surface area contributed by atoms with Gasteiger partial charge in [-0.25, -0.2) is 0 Å². The van der Waals surface area contributed by atoms with Gasteiger partial charge in [-0.15, -0.1) is 0 Å². The van der Waals surface area contributed by atoms with E-state index in [4.69, 9.17) is 28.9 Å². The number of nitrogen functional groups attached to an aromatic ring is 1. The summed E-state index contributed by atoms with van der Waals surface area (Å²) < 4.78 is 0. The molecule has 0 aromatic heterocycles. The molecule has 0 aliphatic carbocycles. The molecule has 1 heterocycles. The van der Waals surface area contributed by atoms with Gasteiger partial charge in [-0.1, -0.05) is 35.3 Å². The molecule has 1 aliphatic rings. The SMILES string of the molecule is CC(C(=O)Nc1cccc(Cl)c1Cl)N1CCCc2c(N)cccc21. The number of nitrogens with two attached hydrogens (primary N) is 1. The number of hydrogen-bond donors (Lipinski definition) is 2. The van der Waals surface area contributed by atoms with Crippen molar-refractivity contribution in [3.63, 3.8) is 0 Å². The molecule has 24 heavy (non-hydrogen) atoms. The van der Waals surface area contributed by atoms with Crippen LogP contribution in [0.15, 0.2) is 36.4 Å². The fourth-order valence-corrected chi connectivity index (χ4v) is 3.41. The average Bonchev–Trinajstić information content (AvgIpc) is 2.58. The third kappa shape index (κ3) is 3.17. The number of anilines is 3. The Balaban J connectivity index is 1.82. The number of fused-ring (bicyclic) bond motifs is 1. The Bertz CT molecular complexity index is 779. The van der Waals surface area contributed by atoms with Gasteiger partial charge < -0.3 is 16.0 Å². The fraction of sp³-hybridized carbons (Fsp3) is 0.278. The van der Waals surface area contributed by atoms with E-state index in [1.54, 1.807) is 18.2 Å². The Hall–Kier alpha value is -1.91. The Morgan fingerprint density at radius 2 is 2.00 bits per heavy atom. The molecule has 2 aromatic carbocycles. The molecular formula is C18H19Cl2N3O. The van der Waals surface area contributed by atoms with Gasteiger partial charge in [0.05, 0.1) is 15.7 Å². The molecule has 6 heteroatoms. The predicted octanol–water partition coefficient (Wildman–Crippen LogP) is 4.36. The number of nitrogens with zero attached hydrogens (tertiary/aromatic N) is 1. The molecule has 1 amide bonds. The minimum Gasteiger partial charge on any atom is -0.398 e. The molecule has 1 atom stereocenters. The molecule has 4 nitrogen and oxygen atoms in total. The van der Waals surface area contributed by atoms with Crippen molar-refractivity contribution >= 4 is 46.2 Å². The highest BCUT2D eigenvalue weighted by Gasteiger charge is 2.27. The molecule has 0 spiro atoms. The van der Waals surface area contributed by atoms with E-state index >= 15 is 0 Å². The van der Waals surface area contributed by atoms with Crippen molar-refractivity contribution in [3.8, 4) is 0 Å². The molecule has 0 fully saturated rings. The second-order valence-corrected chi connectivity index (χ2v) is 6.69. The largest absolute Gasteiger partial charge is 0.398 e. The van der Waals surface area contributed by atoms with Crippen molar-refractivity contribution in [3.05, 3.63) is 52.0 Å². The van der Waals surface area contributed by atoms with Gasteiger partial charge in [-0.05, 0) is 49.6 Å². The summed E-state index contributed by atoms with van der Waals surface area (Å²) in [5, 5.41) is 3.63. The van der Waals surface area contributed by atoms with Gasteiger partial charge in [0.2, 0.25) is 5.91 Å². The summed E-state index contributed by atoms with van der Waals surface area (Å²) in [7, 11) is 0. The number of carbonyl (C=O) groups is 1. The van der Waals surface area contributed by atoms with Crippen molar-refractivity contribution in [2.45, 2.75) is 25.8 Å².